The number of nitrogens with one attached hydrogen (secondary N) is 2. The molecular weight excluding hydrogens is 210 g/mol. The zero-order chi connectivity index (χ0) is 11.5. The van der Waals surface area contributed by atoms with Gasteiger partial charge in [0.1, 0.15) is 0 Å². The first kappa shape index (κ1) is 10.8. The highest BCUT2D eigenvalue weighted by Crippen LogP contribution is 2.18. The summed E-state index contributed by atoms with van der Waals surface area (Å²) in [5.41, 5.74) is 3.62. The standard InChI is InChI=1S/C14H19N3/c1(2-8-15-12-5-6-12)3-11-4-7-13-14(9-11)17-10-16-13/h4,7,9-10,12,15H,1-3,5-6,8H2,(H,16,17). The number of aromatic nitrogens is 2. The maximum Gasteiger partial charge on any atom is 0.0931 e. The number of aryl methyl sites for hydroxylation is 1. The number of hydrogen-bond donors (Lipinski definition) is 2. The third-order valence-electron chi connectivity index (χ3n) is 3.39. The van der Waals surface area contributed by atoms with Crippen molar-refractivity contribution in [2.45, 2.75) is 38.1 Å². The van der Waals surface area contributed by atoms with Gasteiger partial charge in [0, 0.05) is 6.04 Å². The molecule has 1 saturated carbocycles. The maximum atomic E-state index is 4.23. The Hall–Kier alpha value is -1.35. The van der Waals surface area contributed by atoms with Crippen molar-refractivity contribution in [1.82, 2.24) is 15.3 Å². The summed E-state index contributed by atoms with van der Waals surface area (Å²) in [5.74, 6) is 0. The number of hydrogen-bond acceptors (Lipinski definition) is 2. The van der Waals surface area contributed by atoms with Gasteiger partial charge >= 0.3 is 0 Å². The molecule has 1 heterocycles. The van der Waals surface area contributed by atoms with Crippen LogP contribution in [0.3, 0.4) is 0 Å². The fourth-order valence-electron chi connectivity index (χ4n) is 2.19. The summed E-state index contributed by atoms with van der Waals surface area (Å²) < 4.78 is 0. The Morgan fingerprint density at radius 1 is 1.29 bits per heavy atom. The van der Waals surface area contributed by atoms with E-state index in [0.29, 0.717) is 0 Å². The second kappa shape index (κ2) is 4.88. The normalized spacial score (nSPS) is 15.5. The molecule has 0 amide bonds. The SMILES string of the molecule is c1nc2ccc(CCCCNC3CC3)cc2[nH]1. The third-order valence-corrected chi connectivity index (χ3v) is 3.39. The molecule has 3 heteroatoms. The van der Waals surface area contributed by atoms with Gasteiger partial charge < -0.3 is 10.3 Å². The highest BCUT2D eigenvalue weighted by molar-refractivity contribution is 5.74. The highest BCUT2D eigenvalue weighted by atomic mass is 14.9. The minimum atomic E-state index is 0.844. The number of unbranched alkanes of at least 4 members (excludes halogenated alkanes) is 1. The minimum absolute atomic E-state index is 0.844. The summed E-state index contributed by atoms with van der Waals surface area (Å²) in [4.78, 5) is 7.39. The van der Waals surface area contributed by atoms with Crippen LogP contribution < -0.4 is 5.32 Å². The van der Waals surface area contributed by atoms with Gasteiger partial charge in [-0.2, -0.15) is 0 Å². The van der Waals surface area contributed by atoms with Gasteiger partial charge in [-0.3, -0.25) is 0 Å². The Labute approximate surface area is 102 Å². The molecule has 0 bridgehead atoms. The summed E-state index contributed by atoms with van der Waals surface area (Å²) in [5, 5.41) is 3.55. The Morgan fingerprint density at radius 3 is 3.12 bits per heavy atom. The smallest absolute Gasteiger partial charge is 0.0931 e. The van der Waals surface area contributed by atoms with Gasteiger partial charge in [-0.1, -0.05) is 6.07 Å². The first-order valence-corrected chi connectivity index (χ1v) is 6.57. The van der Waals surface area contributed by atoms with E-state index in [2.05, 4.69) is 33.5 Å². The molecule has 2 N–H and O–H groups in total. The molecule has 3 nitrogen and oxygen atoms in total. The quantitative estimate of drug-likeness (QED) is 0.748. The van der Waals surface area contributed by atoms with Crippen LogP contribution in [0.2, 0.25) is 0 Å². The van der Waals surface area contributed by atoms with Crippen LogP contribution in [0.5, 0.6) is 0 Å². The van der Waals surface area contributed by atoms with Gasteiger partial charge in [0.15, 0.2) is 0 Å². The van der Waals surface area contributed by atoms with Crippen molar-refractivity contribution >= 4 is 11.0 Å². The van der Waals surface area contributed by atoms with E-state index < -0.39 is 0 Å². The van der Waals surface area contributed by atoms with Crippen LogP contribution in [-0.4, -0.2) is 22.6 Å². The van der Waals surface area contributed by atoms with Crippen LogP contribution in [-0.2, 0) is 6.42 Å². The van der Waals surface area contributed by atoms with Crippen LogP contribution in [0, 0.1) is 0 Å². The molecule has 0 saturated heterocycles. The zero-order valence-corrected chi connectivity index (χ0v) is 10.1. The lowest BCUT2D eigenvalue weighted by Crippen LogP contribution is -2.17. The highest BCUT2D eigenvalue weighted by Gasteiger charge is 2.19. The number of fused-ring (bicyclic) bond motifs is 1. The molecule has 2 aromatic rings. The van der Waals surface area contributed by atoms with E-state index in [-0.39, 0.29) is 0 Å². The Kier molecular flexibility index (Phi) is 3.10. The van der Waals surface area contributed by atoms with Crippen molar-refractivity contribution < 1.29 is 0 Å². The molecule has 1 fully saturated rings. The van der Waals surface area contributed by atoms with Gasteiger partial charge in [0.05, 0.1) is 17.4 Å². The van der Waals surface area contributed by atoms with E-state index in [4.69, 9.17) is 0 Å². The predicted octanol–water partition coefficient (Wildman–Crippen LogP) is 2.64. The lowest BCUT2D eigenvalue weighted by molar-refractivity contribution is 0.620. The number of nitrogens with zero attached hydrogens (tertiary/aromatic N) is 1. The number of aromatic amines is 1. The first-order valence-electron chi connectivity index (χ1n) is 6.57. The summed E-state index contributed by atoms with van der Waals surface area (Å²) in [6, 6.07) is 7.36. The van der Waals surface area contributed by atoms with Gasteiger partial charge in [-0.05, 0) is 56.3 Å². The van der Waals surface area contributed by atoms with E-state index in [0.717, 1.165) is 17.1 Å². The van der Waals surface area contributed by atoms with Gasteiger partial charge in [0.25, 0.3) is 0 Å². The second-order valence-corrected chi connectivity index (χ2v) is 4.94. The number of benzene rings is 1. The van der Waals surface area contributed by atoms with Crippen molar-refractivity contribution in [2.75, 3.05) is 6.54 Å². The van der Waals surface area contributed by atoms with Gasteiger partial charge in [-0.25, -0.2) is 4.98 Å². The van der Waals surface area contributed by atoms with E-state index in [1.165, 1.54) is 44.2 Å². The number of H-pyrrole nitrogens is 1. The van der Waals surface area contributed by atoms with Crippen LogP contribution >= 0.6 is 0 Å². The van der Waals surface area contributed by atoms with Crippen molar-refractivity contribution in [3.63, 3.8) is 0 Å². The maximum absolute atomic E-state index is 4.23. The average Bonchev–Trinajstić information content (AvgIpc) is 3.05. The van der Waals surface area contributed by atoms with Crippen LogP contribution in [0.15, 0.2) is 24.5 Å². The average molecular weight is 229 g/mol. The van der Waals surface area contributed by atoms with Crippen molar-refractivity contribution in [3.8, 4) is 0 Å². The van der Waals surface area contributed by atoms with Gasteiger partial charge in [-0.15, -0.1) is 0 Å². The Balaban J connectivity index is 1.46. The molecule has 0 atom stereocenters. The van der Waals surface area contributed by atoms with Crippen LogP contribution in [0.25, 0.3) is 11.0 Å². The molecule has 3 rings (SSSR count). The van der Waals surface area contributed by atoms with Crippen LogP contribution in [0.1, 0.15) is 31.2 Å². The topological polar surface area (TPSA) is 40.7 Å². The predicted molar refractivity (Wildman–Crippen MR) is 70.1 cm³/mol. The molecule has 0 aliphatic heterocycles. The molecule has 1 aromatic carbocycles. The van der Waals surface area contributed by atoms with Crippen LogP contribution in [0.4, 0.5) is 0 Å². The largest absolute Gasteiger partial charge is 0.345 e. The summed E-state index contributed by atoms with van der Waals surface area (Å²) in [6.45, 7) is 1.18. The van der Waals surface area contributed by atoms with Gasteiger partial charge in [0.2, 0.25) is 0 Å². The zero-order valence-electron chi connectivity index (χ0n) is 10.1. The van der Waals surface area contributed by atoms with E-state index in [9.17, 15) is 0 Å². The van der Waals surface area contributed by atoms with E-state index in [1.54, 1.807) is 6.33 Å². The molecule has 0 unspecified atom stereocenters. The molecule has 1 aliphatic rings. The minimum Gasteiger partial charge on any atom is -0.345 e. The molecule has 1 aromatic heterocycles. The van der Waals surface area contributed by atoms with E-state index >= 15 is 0 Å². The fraction of sp³-hybridized carbons (Fsp3) is 0.500. The number of imidazole rings is 1. The Morgan fingerprint density at radius 2 is 2.24 bits per heavy atom. The fourth-order valence-corrected chi connectivity index (χ4v) is 2.19. The van der Waals surface area contributed by atoms with Crippen molar-refractivity contribution in [3.05, 3.63) is 30.1 Å². The first-order chi connectivity index (χ1) is 8.42. The van der Waals surface area contributed by atoms with Crippen molar-refractivity contribution in [2.24, 2.45) is 0 Å². The molecule has 0 radical (unpaired) electrons. The van der Waals surface area contributed by atoms with Crippen molar-refractivity contribution in [1.29, 1.82) is 0 Å². The molecular formula is C14H19N3. The molecule has 17 heavy (non-hydrogen) atoms. The third kappa shape index (κ3) is 2.86. The Bertz CT molecular complexity index is 485. The molecule has 0 spiro atoms. The lowest BCUT2D eigenvalue weighted by atomic mass is 10.1. The summed E-state index contributed by atoms with van der Waals surface area (Å²) in [6.07, 6.45) is 8.24. The second-order valence-electron chi connectivity index (χ2n) is 4.94. The number of rotatable bonds is 6. The summed E-state index contributed by atoms with van der Waals surface area (Å²) in [7, 11) is 0. The lowest BCUT2D eigenvalue weighted by Gasteiger charge is -2.03. The molecule has 1 aliphatic carbocycles. The summed E-state index contributed by atoms with van der Waals surface area (Å²) >= 11 is 0. The van der Waals surface area contributed by atoms with E-state index in [1.807, 2.05) is 0 Å². The molecule has 90 valence electrons. The monoisotopic (exact) mass is 229 g/mol.